The zero-order valence-electron chi connectivity index (χ0n) is 18.3. The molecule has 5 aromatic rings. The van der Waals surface area contributed by atoms with Crippen LogP contribution in [0.3, 0.4) is 0 Å². The summed E-state index contributed by atoms with van der Waals surface area (Å²) in [5.41, 5.74) is 5.61. The van der Waals surface area contributed by atoms with Crippen LogP contribution in [0.2, 0.25) is 0 Å². The van der Waals surface area contributed by atoms with Crippen LogP contribution in [-0.2, 0) is 7.05 Å². The maximum Gasteiger partial charge on any atom is 0.258 e. The van der Waals surface area contributed by atoms with E-state index in [-0.39, 0.29) is 5.56 Å². The zero-order valence-corrected chi connectivity index (χ0v) is 18.3. The van der Waals surface area contributed by atoms with Gasteiger partial charge in [0.2, 0.25) is 5.95 Å². The molecule has 0 aliphatic rings. The molecule has 4 heterocycles. The molecule has 0 amide bonds. The second-order valence-electron chi connectivity index (χ2n) is 7.97. The van der Waals surface area contributed by atoms with Crippen LogP contribution >= 0.6 is 0 Å². The maximum absolute atomic E-state index is 14.0. The number of halogens is 1. The molecule has 0 saturated carbocycles. The maximum atomic E-state index is 14.0. The summed E-state index contributed by atoms with van der Waals surface area (Å²) in [5, 5.41) is 11.2. The van der Waals surface area contributed by atoms with Gasteiger partial charge < -0.3 is 9.88 Å². The summed E-state index contributed by atoms with van der Waals surface area (Å²) in [6.07, 6.45) is 3.18. The molecule has 5 rings (SSSR count). The minimum Gasteiger partial charge on any atom is -0.339 e. The SMILES string of the molecule is Cc1cc2c(cn1)cc(-c1cc(Nc3cc(-c4cccnc4F)[nH]n3)ccc1C)c(=O)n2C. The second kappa shape index (κ2) is 7.98. The van der Waals surface area contributed by atoms with Crippen LogP contribution in [0.1, 0.15) is 11.3 Å². The monoisotopic (exact) mass is 440 g/mol. The number of nitrogens with zero attached hydrogens (tertiary/aromatic N) is 4. The van der Waals surface area contributed by atoms with Gasteiger partial charge in [-0.15, -0.1) is 0 Å². The summed E-state index contributed by atoms with van der Waals surface area (Å²) < 4.78 is 15.6. The van der Waals surface area contributed by atoms with Crippen LogP contribution in [0.5, 0.6) is 0 Å². The summed E-state index contributed by atoms with van der Waals surface area (Å²) in [5.74, 6) is -0.0451. The highest BCUT2D eigenvalue weighted by Crippen LogP contribution is 2.29. The van der Waals surface area contributed by atoms with Crippen molar-refractivity contribution in [3.63, 3.8) is 0 Å². The number of pyridine rings is 3. The molecule has 2 N–H and O–H groups in total. The van der Waals surface area contributed by atoms with Crippen molar-refractivity contribution in [3.8, 4) is 22.4 Å². The molecule has 0 unspecified atom stereocenters. The first kappa shape index (κ1) is 20.6. The van der Waals surface area contributed by atoms with E-state index in [9.17, 15) is 9.18 Å². The van der Waals surface area contributed by atoms with Crippen molar-refractivity contribution in [1.82, 2.24) is 24.7 Å². The fourth-order valence-electron chi connectivity index (χ4n) is 3.91. The lowest BCUT2D eigenvalue weighted by Gasteiger charge is -2.13. The van der Waals surface area contributed by atoms with Crippen molar-refractivity contribution in [2.45, 2.75) is 13.8 Å². The van der Waals surface area contributed by atoms with Crippen LogP contribution in [0.4, 0.5) is 15.9 Å². The van der Waals surface area contributed by atoms with Crippen LogP contribution in [0.25, 0.3) is 33.3 Å². The number of aryl methyl sites for hydroxylation is 3. The number of hydrogen-bond acceptors (Lipinski definition) is 5. The Hall–Kier alpha value is -4.33. The lowest BCUT2D eigenvalue weighted by atomic mass is 9.99. The smallest absolute Gasteiger partial charge is 0.258 e. The third kappa shape index (κ3) is 3.76. The van der Waals surface area contributed by atoms with Gasteiger partial charge in [-0.05, 0) is 61.4 Å². The first-order valence-corrected chi connectivity index (χ1v) is 10.4. The number of aromatic nitrogens is 5. The molecule has 4 aromatic heterocycles. The predicted octanol–water partition coefficient (Wildman–Crippen LogP) is 4.89. The Bertz CT molecular complexity index is 1570. The van der Waals surface area contributed by atoms with E-state index in [1.807, 2.05) is 44.2 Å². The Morgan fingerprint density at radius 2 is 1.85 bits per heavy atom. The van der Waals surface area contributed by atoms with Gasteiger partial charge in [-0.1, -0.05) is 6.07 Å². The van der Waals surface area contributed by atoms with Gasteiger partial charge in [0.25, 0.3) is 5.56 Å². The van der Waals surface area contributed by atoms with Gasteiger partial charge in [-0.3, -0.25) is 14.9 Å². The van der Waals surface area contributed by atoms with Crippen LogP contribution in [0, 0.1) is 19.8 Å². The average molecular weight is 440 g/mol. The first-order chi connectivity index (χ1) is 15.9. The lowest BCUT2D eigenvalue weighted by Crippen LogP contribution is -2.19. The van der Waals surface area contributed by atoms with E-state index >= 15 is 0 Å². The fraction of sp³-hybridized carbons (Fsp3) is 0.120. The van der Waals surface area contributed by atoms with Gasteiger partial charge in [-0.25, -0.2) is 4.98 Å². The minimum absolute atomic E-state index is 0.0811. The highest BCUT2D eigenvalue weighted by molar-refractivity contribution is 5.85. The largest absolute Gasteiger partial charge is 0.339 e. The lowest BCUT2D eigenvalue weighted by molar-refractivity contribution is 0.587. The van der Waals surface area contributed by atoms with E-state index in [1.54, 1.807) is 36.0 Å². The molecule has 0 aliphatic carbocycles. The standard InChI is InChI=1S/C25H21FN6O/c1-14-6-7-17(29-23-12-21(30-31-23)18-5-4-8-27-24(18)26)11-19(14)20-10-16-13-28-15(2)9-22(16)32(3)25(20)33/h4-13H,1-3H3,(H2,29,30,31). The third-order valence-corrected chi connectivity index (χ3v) is 5.67. The Balaban J connectivity index is 1.52. The molecule has 0 aliphatic heterocycles. The third-order valence-electron chi connectivity index (χ3n) is 5.67. The Morgan fingerprint density at radius 3 is 2.67 bits per heavy atom. The summed E-state index contributed by atoms with van der Waals surface area (Å²) in [4.78, 5) is 21.2. The molecule has 8 heteroatoms. The molecule has 7 nitrogen and oxygen atoms in total. The fourth-order valence-corrected chi connectivity index (χ4v) is 3.91. The number of anilines is 2. The van der Waals surface area contributed by atoms with E-state index < -0.39 is 5.95 Å². The van der Waals surface area contributed by atoms with Gasteiger partial charge in [-0.2, -0.15) is 9.49 Å². The average Bonchev–Trinajstić information content (AvgIpc) is 3.26. The van der Waals surface area contributed by atoms with Crippen molar-refractivity contribution in [2.24, 2.45) is 7.05 Å². The number of nitrogens with one attached hydrogen (secondary N) is 2. The van der Waals surface area contributed by atoms with Crippen molar-refractivity contribution in [2.75, 3.05) is 5.32 Å². The molecule has 0 spiro atoms. The Kier molecular flexibility index (Phi) is 4.97. The zero-order chi connectivity index (χ0) is 23.1. The molecule has 0 atom stereocenters. The van der Waals surface area contributed by atoms with Crippen LogP contribution in [-0.4, -0.2) is 24.7 Å². The summed E-state index contributed by atoms with van der Waals surface area (Å²) in [7, 11) is 1.77. The van der Waals surface area contributed by atoms with Crippen molar-refractivity contribution >= 4 is 22.4 Å². The van der Waals surface area contributed by atoms with E-state index in [0.29, 0.717) is 22.6 Å². The number of hydrogen-bond donors (Lipinski definition) is 2. The Morgan fingerprint density at radius 1 is 1.00 bits per heavy atom. The van der Waals surface area contributed by atoms with Crippen molar-refractivity contribution < 1.29 is 4.39 Å². The van der Waals surface area contributed by atoms with Gasteiger partial charge in [0, 0.05) is 47.8 Å². The highest BCUT2D eigenvalue weighted by Gasteiger charge is 2.14. The van der Waals surface area contributed by atoms with Gasteiger partial charge in [0.15, 0.2) is 5.82 Å². The molecule has 1 aromatic carbocycles. The summed E-state index contributed by atoms with van der Waals surface area (Å²) in [6.45, 7) is 3.87. The van der Waals surface area contributed by atoms with Gasteiger partial charge in [0.05, 0.1) is 16.8 Å². The Labute approximate surface area is 189 Å². The summed E-state index contributed by atoms with van der Waals surface area (Å²) >= 11 is 0. The second-order valence-corrected chi connectivity index (χ2v) is 7.97. The summed E-state index contributed by atoms with van der Waals surface area (Å²) in [6, 6.07) is 14.6. The van der Waals surface area contributed by atoms with E-state index in [0.717, 1.165) is 33.4 Å². The molecule has 33 heavy (non-hydrogen) atoms. The van der Waals surface area contributed by atoms with E-state index in [1.165, 1.54) is 6.20 Å². The molecular weight excluding hydrogens is 419 g/mol. The molecule has 164 valence electrons. The van der Waals surface area contributed by atoms with E-state index in [2.05, 4.69) is 25.5 Å². The minimum atomic E-state index is -0.567. The highest BCUT2D eigenvalue weighted by atomic mass is 19.1. The van der Waals surface area contributed by atoms with Crippen molar-refractivity contribution in [1.29, 1.82) is 0 Å². The number of H-pyrrole nitrogens is 1. The number of rotatable bonds is 4. The van der Waals surface area contributed by atoms with Gasteiger partial charge in [0.1, 0.15) is 0 Å². The molecule has 0 bridgehead atoms. The number of benzene rings is 1. The molecular formula is C25H21FN6O. The van der Waals surface area contributed by atoms with Crippen LogP contribution < -0.4 is 10.9 Å². The topological polar surface area (TPSA) is 88.5 Å². The first-order valence-electron chi connectivity index (χ1n) is 10.4. The predicted molar refractivity (Wildman–Crippen MR) is 127 cm³/mol. The van der Waals surface area contributed by atoms with E-state index in [4.69, 9.17) is 0 Å². The number of aromatic amines is 1. The molecule has 0 saturated heterocycles. The van der Waals surface area contributed by atoms with Crippen molar-refractivity contribution in [3.05, 3.63) is 88.5 Å². The van der Waals surface area contributed by atoms with Gasteiger partial charge >= 0.3 is 0 Å². The quantitative estimate of drug-likeness (QED) is 0.389. The van der Waals surface area contributed by atoms with Crippen LogP contribution in [0.15, 0.2) is 65.7 Å². The normalized spacial score (nSPS) is 11.2. The molecule has 0 fully saturated rings. The molecule has 0 radical (unpaired) electrons. The number of fused-ring (bicyclic) bond motifs is 1.